The molecule has 0 radical (unpaired) electrons. The van der Waals surface area contributed by atoms with Gasteiger partial charge in [0.15, 0.2) is 0 Å². The minimum absolute atomic E-state index is 0.222. The second-order valence-corrected chi connectivity index (χ2v) is 11.4. The zero-order chi connectivity index (χ0) is 24.8. The van der Waals surface area contributed by atoms with Gasteiger partial charge in [0.2, 0.25) is 0 Å². The Kier molecular flexibility index (Phi) is 8.92. The molecular weight excluding hydrogens is 505 g/mol. The summed E-state index contributed by atoms with van der Waals surface area (Å²) in [7, 11) is 9.78. The van der Waals surface area contributed by atoms with Crippen molar-refractivity contribution in [1.29, 1.82) is 0 Å². The van der Waals surface area contributed by atoms with Crippen LogP contribution >= 0.6 is 18.6 Å². The quantitative estimate of drug-likeness (QED) is 0.227. The third kappa shape index (κ3) is 5.93. The van der Waals surface area contributed by atoms with Crippen molar-refractivity contribution in [1.82, 2.24) is 0 Å². The average molecular weight is 533 g/mol. The summed E-state index contributed by atoms with van der Waals surface area (Å²) < 4.78 is 0. The van der Waals surface area contributed by atoms with Gasteiger partial charge in [-0.25, -0.2) is 0 Å². The van der Waals surface area contributed by atoms with Crippen molar-refractivity contribution < 1.29 is 17.0 Å². The van der Waals surface area contributed by atoms with Gasteiger partial charge in [-0.1, -0.05) is 113 Å². The molecule has 4 aromatic rings. The molecule has 1 aliphatic rings. The number of halogens is 2. The van der Waals surface area contributed by atoms with Crippen molar-refractivity contribution in [3.05, 3.63) is 141 Å². The maximum absolute atomic E-state index is 5.08. The fraction of sp³-hybridized carbons (Fsp3) is 0.161. The topological polar surface area (TPSA) is 14.1 Å². The van der Waals surface area contributed by atoms with E-state index in [1.807, 2.05) is 0 Å². The molecule has 176 valence electrons. The van der Waals surface area contributed by atoms with Gasteiger partial charge in [-0.05, 0) is 54.7 Å². The van der Waals surface area contributed by atoms with Crippen LogP contribution in [0.2, 0.25) is 0 Å². The van der Waals surface area contributed by atoms with Gasteiger partial charge in [-0.3, -0.25) is 0 Å². The van der Waals surface area contributed by atoms with Crippen molar-refractivity contribution in [3.63, 3.8) is 0 Å². The normalized spacial score (nSPS) is 13.9. The molecule has 1 unspecified atom stereocenters. The Bertz CT molecular complexity index is 1310. The molecule has 1 atom stereocenters. The molecule has 0 bridgehead atoms. The van der Waals surface area contributed by atoms with Crippen molar-refractivity contribution in [2.24, 2.45) is 0 Å². The molecule has 0 heterocycles. The number of fused-ring (bicyclic) bond motifs is 1. The van der Waals surface area contributed by atoms with Crippen LogP contribution in [0.1, 0.15) is 50.4 Å². The minimum atomic E-state index is -0.556. The first-order chi connectivity index (χ1) is 17.0. The maximum atomic E-state index is 5.08. The Morgan fingerprint density at radius 2 is 1.31 bits per heavy atom. The van der Waals surface area contributed by atoms with E-state index in [2.05, 4.69) is 118 Å². The van der Waals surface area contributed by atoms with Gasteiger partial charge in [0.25, 0.3) is 0 Å². The molecule has 0 aromatic heterocycles. The van der Waals surface area contributed by atoms with Crippen LogP contribution in [0, 0.1) is 20.8 Å². The third-order valence-electron chi connectivity index (χ3n) is 6.45. The SMILES string of the molecule is Cc1cc(C)c([N-]Cc2ccccc2C2C(c3ccccc3)=Cc3ccccc32)c(C)c1.[Cl][Ti][Cl]. The zero-order valence-corrected chi connectivity index (χ0v) is 23.3. The van der Waals surface area contributed by atoms with Crippen LogP contribution < -0.4 is 0 Å². The van der Waals surface area contributed by atoms with Crippen molar-refractivity contribution in [2.75, 3.05) is 0 Å². The Balaban J connectivity index is 0.000000917. The van der Waals surface area contributed by atoms with Crippen LogP contribution in [-0.4, -0.2) is 0 Å². The Morgan fingerprint density at radius 3 is 2.00 bits per heavy atom. The molecule has 0 N–H and O–H groups in total. The summed E-state index contributed by atoms with van der Waals surface area (Å²) in [6, 6.07) is 32.8. The van der Waals surface area contributed by atoms with Gasteiger partial charge in [0, 0.05) is 5.92 Å². The van der Waals surface area contributed by atoms with E-state index in [0.29, 0.717) is 6.54 Å². The fourth-order valence-corrected chi connectivity index (χ4v) is 5.09. The van der Waals surface area contributed by atoms with Crippen molar-refractivity contribution in [3.8, 4) is 0 Å². The van der Waals surface area contributed by atoms with E-state index in [1.165, 1.54) is 50.1 Å². The molecule has 0 amide bonds. The number of benzene rings is 4. The second kappa shape index (κ2) is 12.1. The second-order valence-electron chi connectivity index (χ2n) is 8.86. The van der Waals surface area contributed by atoms with Crippen LogP contribution in [0.5, 0.6) is 0 Å². The summed E-state index contributed by atoms with van der Waals surface area (Å²) in [5.41, 5.74) is 12.9. The molecule has 0 spiro atoms. The number of hydrogen-bond donors (Lipinski definition) is 0. The fourth-order valence-electron chi connectivity index (χ4n) is 5.09. The van der Waals surface area contributed by atoms with E-state index >= 15 is 0 Å². The molecule has 4 heteroatoms. The Labute approximate surface area is 225 Å². The van der Waals surface area contributed by atoms with Gasteiger partial charge in [-0.2, -0.15) is 0 Å². The summed E-state index contributed by atoms with van der Waals surface area (Å²) in [6.07, 6.45) is 2.36. The van der Waals surface area contributed by atoms with E-state index in [1.54, 1.807) is 0 Å². The summed E-state index contributed by atoms with van der Waals surface area (Å²) in [5, 5.41) is 5.08. The van der Waals surface area contributed by atoms with Gasteiger partial charge >= 0.3 is 35.6 Å². The number of nitrogens with zero attached hydrogens (tertiary/aromatic N) is 1. The molecule has 1 nitrogen and oxygen atoms in total. The predicted molar refractivity (Wildman–Crippen MR) is 148 cm³/mol. The first-order valence-corrected chi connectivity index (χ1v) is 16.0. The Morgan fingerprint density at radius 1 is 0.743 bits per heavy atom. The Hall–Kier alpha value is -2.29. The third-order valence-corrected chi connectivity index (χ3v) is 6.45. The standard InChI is InChI=1S/C31H28N.2ClH.Ti/c1-21-17-22(2)31(23(3)18-21)32-20-26-14-8-10-16-28(26)30-27-15-9-7-13-25(27)19-29(30)24-11-5-4-6-12-24;;;/h4-19,30H,20H2,1-3H3;2*1H;/q-1;;;+2/p-2. The van der Waals surface area contributed by atoms with Crippen LogP contribution in [0.3, 0.4) is 0 Å². The number of rotatable bonds is 5. The summed E-state index contributed by atoms with van der Waals surface area (Å²) in [5.74, 6) is 0.222. The van der Waals surface area contributed by atoms with Gasteiger partial charge < -0.3 is 5.32 Å². The van der Waals surface area contributed by atoms with Gasteiger partial charge in [-0.15, -0.1) is 12.2 Å². The van der Waals surface area contributed by atoms with Crippen LogP contribution in [0.15, 0.2) is 91.0 Å². The van der Waals surface area contributed by atoms with E-state index in [9.17, 15) is 0 Å². The van der Waals surface area contributed by atoms with Crippen molar-refractivity contribution in [2.45, 2.75) is 33.2 Å². The van der Waals surface area contributed by atoms with Crippen molar-refractivity contribution >= 4 is 35.9 Å². The molecular formula is C31H28Cl2NTi-. The molecule has 1 aliphatic carbocycles. The van der Waals surface area contributed by atoms with Gasteiger partial charge in [0.1, 0.15) is 0 Å². The van der Waals surface area contributed by atoms with Crippen LogP contribution in [-0.2, 0) is 23.6 Å². The van der Waals surface area contributed by atoms with E-state index < -0.39 is 17.0 Å². The number of allylic oxidation sites excluding steroid dienone is 1. The number of hydrogen-bond acceptors (Lipinski definition) is 0. The van der Waals surface area contributed by atoms with Crippen LogP contribution in [0.4, 0.5) is 5.69 Å². The first-order valence-electron chi connectivity index (χ1n) is 11.7. The molecule has 35 heavy (non-hydrogen) atoms. The predicted octanol–water partition coefficient (Wildman–Crippen LogP) is 9.88. The van der Waals surface area contributed by atoms with Gasteiger partial charge in [0.05, 0.1) is 0 Å². The molecule has 4 aromatic carbocycles. The van der Waals surface area contributed by atoms with E-state index in [0.717, 1.165) is 5.69 Å². The summed E-state index contributed by atoms with van der Waals surface area (Å²) in [4.78, 5) is 0. The molecule has 0 saturated carbocycles. The number of aryl methyl sites for hydroxylation is 3. The van der Waals surface area contributed by atoms with E-state index in [-0.39, 0.29) is 5.92 Å². The van der Waals surface area contributed by atoms with Crippen LogP contribution in [0.25, 0.3) is 17.0 Å². The monoisotopic (exact) mass is 532 g/mol. The average Bonchev–Trinajstić information content (AvgIpc) is 3.24. The molecule has 0 aliphatic heterocycles. The molecule has 0 fully saturated rings. The summed E-state index contributed by atoms with van der Waals surface area (Å²) >= 11 is -0.556. The van der Waals surface area contributed by atoms with E-state index in [4.69, 9.17) is 23.9 Å². The first kappa shape index (κ1) is 25.8. The summed E-state index contributed by atoms with van der Waals surface area (Å²) in [6.45, 7) is 7.15. The zero-order valence-electron chi connectivity index (χ0n) is 20.2. The molecule has 5 rings (SSSR count). The molecule has 0 saturated heterocycles.